The number of ketones is 1. The maximum atomic E-state index is 12.8. The number of imide groups is 1. The Morgan fingerprint density at radius 1 is 1.09 bits per heavy atom. The highest BCUT2D eigenvalue weighted by Crippen LogP contribution is 2.20. The second kappa shape index (κ2) is 5.41. The number of hydrogen-bond acceptors (Lipinski definition) is 3. The maximum Gasteiger partial charge on any atom is 0.270 e. The minimum absolute atomic E-state index is 0.0313. The predicted molar refractivity (Wildman–Crippen MR) is 74.6 cm³/mol. The normalized spacial score (nSPS) is 13.0. The Balaban J connectivity index is 1.71. The molecule has 4 nitrogen and oxygen atoms in total. The fraction of sp³-hybridized carbons (Fsp3) is 0.118. The molecule has 0 N–H and O–H groups in total. The van der Waals surface area contributed by atoms with Gasteiger partial charge in [-0.15, -0.1) is 0 Å². The van der Waals surface area contributed by atoms with E-state index >= 15 is 0 Å². The lowest BCUT2D eigenvalue weighted by Gasteiger charge is -2.12. The zero-order valence-corrected chi connectivity index (χ0v) is 11.4. The molecule has 22 heavy (non-hydrogen) atoms. The van der Waals surface area contributed by atoms with Crippen LogP contribution in [0.25, 0.3) is 0 Å². The molecular weight excluding hydrogens is 285 g/mol. The molecule has 0 radical (unpaired) electrons. The van der Waals surface area contributed by atoms with E-state index in [9.17, 15) is 18.8 Å². The number of nitrogens with zero attached hydrogens (tertiary/aromatic N) is 1. The molecule has 1 aliphatic rings. The SMILES string of the molecule is O=C(Cc1ccc(F)cc1)CN1C(=O)c2c#cccc2C1=O. The van der Waals surface area contributed by atoms with Gasteiger partial charge in [0.2, 0.25) is 0 Å². The van der Waals surface area contributed by atoms with Crippen molar-refractivity contribution in [3.05, 3.63) is 71.0 Å². The van der Waals surface area contributed by atoms with E-state index in [1.807, 2.05) is 0 Å². The van der Waals surface area contributed by atoms with Gasteiger partial charge in [-0.2, -0.15) is 0 Å². The van der Waals surface area contributed by atoms with Crippen LogP contribution in [0.2, 0.25) is 0 Å². The molecule has 3 rings (SSSR count). The van der Waals surface area contributed by atoms with Crippen LogP contribution in [-0.4, -0.2) is 29.0 Å². The minimum atomic E-state index is -0.538. The second-order valence-electron chi connectivity index (χ2n) is 4.93. The molecule has 0 saturated heterocycles. The van der Waals surface area contributed by atoms with Gasteiger partial charge in [0.15, 0.2) is 5.78 Å². The summed E-state index contributed by atoms with van der Waals surface area (Å²) in [6, 6.07) is 13.7. The first kappa shape index (κ1) is 14.0. The van der Waals surface area contributed by atoms with Gasteiger partial charge in [-0.1, -0.05) is 24.3 Å². The second-order valence-corrected chi connectivity index (χ2v) is 4.93. The molecule has 2 amide bonds. The van der Waals surface area contributed by atoms with E-state index in [2.05, 4.69) is 12.1 Å². The summed E-state index contributed by atoms with van der Waals surface area (Å²) in [5, 5.41) is 0. The molecule has 0 unspecified atom stereocenters. The van der Waals surface area contributed by atoms with Gasteiger partial charge in [0.25, 0.3) is 11.8 Å². The van der Waals surface area contributed by atoms with Crippen LogP contribution in [-0.2, 0) is 11.2 Å². The van der Waals surface area contributed by atoms with Gasteiger partial charge < -0.3 is 0 Å². The molecule has 108 valence electrons. The molecule has 2 aromatic carbocycles. The molecular formula is C17H10FNO3. The smallest absolute Gasteiger partial charge is 0.270 e. The Morgan fingerprint density at radius 2 is 1.82 bits per heavy atom. The summed E-state index contributed by atoms with van der Waals surface area (Å²) < 4.78 is 12.8. The van der Waals surface area contributed by atoms with Crippen molar-refractivity contribution >= 4 is 17.6 Å². The zero-order chi connectivity index (χ0) is 15.7. The van der Waals surface area contributed by atoms with E-state index in [0.29, 0.717) is 5.56 Å². The number of Topliss-reactive ketones (excluding diaryl/α,β-unsaturated/α-hetero) is 1. The zero-order valence-electron chi connectivity index (χ0n) is 11.4. The minimum Gasteiger partial charge on any atom is -0.297 e. The van der Waals surface area contributed by atoms with Crippen molar-refractivity contribution in [1.29, 1.82) is 0 Å². The largest absolute Gasteiger partial charge is 0.297 e. The van der Waals surface area contributed by atoms with Gasteiger partial charge in [-0.05, 0) is 29.8 Å². The van der Waals surface area contributed by atoms with Gasteiger partial charge in [0.05, 0.1) is 12.1 Å². The monoisotopic (exact) mass is 295 g/mol. The molecule has 0 saturated carbocycles. The Morgan fingerprint density at radius 3 is 2.50 bits per heavy atom. The number of benzene rings is 1. The van der Waals surface area contributed by atoms with Gasteiger partial charge >= 0.3 is 0 Å². The quantitative estimate of drug-likeness (QED) is 0.809. The van der Waals surface area contributed by atoms with Crippen molar-refractivity contribution < 1.29 is 18.8 Å². The molecule has 0 spiro atoms. The Kier molecular flexibility index (Phi) is 3.43. The number of carbonyl (C=O) groups excluding carboxylic acids is 3. The molecule has 0 aromatic heterocycles. The first-order chi connectivity index (χ1) is 10.6. The van der Waals surface area contributed by atoms with Crippen molar-refractivity contribution in [3.63, 3.8) is 0 Å². The number of hydrogen-bond donors (Lipinski definition) is 0. The average molecular weight is 295 g/mol. The standard InChI is InChI=1S/C17H10FNO3/c18-12-7-5-11(6-8-12)9-13(20)10-19-16(21)14-3-1-2-4-15(14)17(19)22/h1,3,5-8H,9-10H2. The highest BCUT2D eigenvalue weighted by molar-refractivity contribution is 6.22. The highest BCUT2D eigenvalue weighted by Gasteiger charge is 2.36. The van der Waals surface area contributed by atoms with E-state index in [1.165, 1.54) is 36.4 Å². The molecule has 0 atom stereocenters. The summed E-state index contributed by atoms with van der Waals surface area (Å²) in [5.74, 6) is -1.73. The number of halogens is 1. The number of amides is 2. The number of carbonyl (C=O) groups is 3. The van der Waals surface area contributed by atoms with E-state index in [4.69, 9.17) is 0 Å². The summed E-state index contributed by atoms with van der Waals surface area (Å²) in [4.78, 5) is 37.1. The molecule has 5 heteroatoms. The van der Waals surface area contributed by atoms with Crippen LogP contribution >= 0.6 is 0 Å². The number of rotatable bonds is 4. The van der Waals surface area contributed by atoms with Crippen molar-refractivity contribution in [2.75, 3.05) is 6.54 Å². The van der Waals surface area contributed by atoms with Crippen molar-refractivity contribution in [1.82, 2.24) is 4.90 Å². The Hall–Kier alpha value is -3.00. The molecule has 0 fully saturated rings. The van der Waals surface area contributed by atoms with Crippen LogP contribution < -0.4 is 0 Å². The fourth-order valence-electron chi connectivity index (χ4n) is 2.31. The first-order valence-electron chi connectivity index (χ1n) is 6.61. The van der Waals surface area contributed by atoms with E-state index in [-0.39, 0.29) is 35.7 Å². The van der Waals surface area contributed by atoms with E-state index < -0.39 is 11.8 Å². The molecule has 1 aliphatic heterocycles. The first-order valence-corrected chi connectivity index (χ1v) is 6.61. The average Bonchev–Trinajstić information content (AvgIpc) is 2.75. The molecule has 2 aromatic rings. The van der Waals surface area contributed by atoms with Crippen LogP contribution in [0.4, 0.5) is 4.39 Å². The van der Waals surface area contributed by atoms with Crippen LogP contribution in [0.15, 0.2) is 36.4 Å². The highest BCUT2D eigenvalue weighted by atomic mass is 19.1. The lowest BCUT2D eigenvalue weighted by Crippen LogP contribution is -2.35. The lowest BCUT2D eigenvalue weighted by molar-refractivity contribution is -0.118. The third kappa shape index (κ3) is 2.47. The summed E-state index contributed by atoms with van der Waals surface area (Å²) in [6.07, 6.45) is 0.0313. The van der Waals surface area contributed by atoms with Gasteiger partial charge in [-0.25, -0.2) is 4.39 Å². The van der Waals surface area contributed by atoms with Gasteiger partial charge in [0.1, 0.15) is 11.4 Å². The van der Waals surface area contributed by atoms with Crippen molar-refractivity contribution in [3.8, 4) is 0 Å². The van der Waals surface area contributed by atoms with E-state index in [0.717, 1.165) is 4.90 Å². The van der Waals surface area contributed by atoms with Crippen LogP contribution in [0, 0.1) is 17.9 Å². The summed E-state index contributed by atoms with van der Waals surface area (Å²) in [5.41, 5.74) is 1.00. The molecule has 1 heterocycles. The van der Waals surface area contributed by atoms with Crippen LogP contribution in [0.1, 0.15) is 26.3 Å². The van der Waals surface area contributed by atoms with Crippen LogP contribution in [0.5, 0.6) is 0 Å². The summed E-state index contributed by atoms with van der Waals surface area (Å²) in [6.45, 7) is -0.308. The third-order valence-electron chi connectivity index (χ3n) is 3.38. The topological polar surface area (TPSA) is 54.5 Å². The van der Waals surface area contributed by atoms with Crippen molar-refractivity contribution in [2.24, 2.45) is 0 Å². The third-order valence-corrected chi connectivity index (χ3v) is 3.38. The van der Waals surface area contributed by atoms with Crippen molar-refractivity contribution in [2.45, 2.75) is 6.42 Å². The van der Waals surface area contributed by atoms with Crippen LogP contribution in [0.3, 0.4) is 0 Å². The van der Waals surface area contributed by atoms with Gasteiger partial charge in [-0.3, -0.25) is 19.3 Å². The maximum absolute atomic E-state index is 12.8. The molecule has 0 aliphatic carbocycles. The summed E-state index contributed by atoms with van der Waals surface area (Å²) in [7, 11) is 0. The molecule has 0 bridgehead atoms. The lowest BCUT2D eigenvalue weighted by atomic mass is 10.1. The fourth-order valence-corrected chi connectivity index (χ4v) is 2.31. The summed E-state index contributed by atoms with van der Waals surface area (Å²) >= 11 is 0. The Labute approximate surface area is 126 Å². The van der Waals surface area contributed by atoms with E-state index in [1.54, 1.807) is 0 Å². The number of fused-ring (bicyclic) bond motifs is 1. The van der Waals surface area contributed by atoms with Gasteiger partial charge in [0, 0.05) is 6.42 Å². The predicted octanol–water partition coefficient (Wildman–Crippen LogP) is 1.83. The Bertz CT molecular complexity index is 733.